The Labute approximate surface area is 161 Å². The molecule has 5 nitrogen and oxygen atoms in total. The average Bonchev–Trinajstić information content (AvgIpc) is 3.18. The van der Waals surface area contributed by atoms with Crippen molar-refractivity contribution in [3.8, 4) is 0 Å². The van der Waals surface area contributed by atoms with E-state index in [1.165, 1.54) is 4.88 Å². The number of carbonyl (C=O) groups excluding carboxylic acids is 1. The first kappa shape index (κ1) is 17.5. The molecule has 3 aromatic rings. The highest BCUT2D eigenvalue weighted by Gasteiger charge is 2.19. The zero-order valence-electron chi connectivity index (χ0n) is 14.8. The van der Waals surface area contributed by atoms with Crippen LogP contribution in [0.5, 0.6) is 0 Å². The van der Waals surface area contributed by atoms with Crippen LogP contribution in [0.4, 0.5) is 10.5 Å². The third-order valence-electron chi connectivity index (χ3n) is 4.58. The zero-order valence-corrected chi connectivity index (χ0v) is 16.4. The van der Waals surface area contributed by atoms with Gasteiger partial charge < -0.3 is 10.2 Å². The molecule has 2 amide bonds. The number of benzene rings is 1. The molecule has 1 aliphatic rings. The predicted molar refractivity (Wildman–Crippen MR) is 109 cm³/mol. The van der Waals surface area contributed by atoms with Crippen molar-refractivity contribution in [1.82, 2.24) is 14.8 Å². The number of hydrogen-bond acceptors (Lipinski definition) is 5. The second-order valence-electron chi connectivity index (χ2n) is 6.54. The van der Waals surface area contributed by atoms with Crippen molar-refractivity contribution in [2.75, 3.05) is 31.5 Å². The molecule has 0 spiro atoms. The summed E-state index contributed by atoms with van der Waals surface area (Å²) in [7, 11) is 0. The Morgan fingerprint density at radius 2 is 2.15 bits per heavy atom. The van der Waals surface area contributed by atoms with E-state index in [-0.39, 0.29) is 6.03 Å². The van der Waals surface area contributed by atoms with E-state index in [1.807, 2.05) is 30.0 Å². The number of urea groups is 1. The maximum Gasteiger partial charge on any atom is 0.321 e. The van der Waals surface area contributed by atoms with Crippen LogP contribution in [0.2, 0.25) is 0 Å². The maximum atomic E-state index is 12.7. The SMILES string of the molecule is Cc1nc2ccc(NC(=O)N3CCCN(Cc4cccs4)CC3)cc2s1. The summed E-state index contributed by atoms with van der Waals surface area (Å²) in [6.45, 7) is 6.50. The number of aromatic nitrogens is 1. The Hall–Kier alpha value is -1.96. The molecule has 0 unspecified atom stereocenters. The van der Waals surface area contributed by atoms with Gasteiger partial charge in [-0.05, 0) is 43.0 Å². The smallest absolute Gasteiger partial charge is 0.321 e. The summed E-state index contributed by atoms with van der Waals surface area (Å²) in [5, 5.41) is 6.21. The fraction of sp³-hybridized carbons (Fsp3) is 0.368. The molecule has 0 bridgehead atoms. The molecule has 1 aromatic carbocycles. The standard InChI is InChI=1S/C19H22N4OS2/c1-14-20-17-6-5-15(12-18(17)26-14)21-19(24)23-8-3-7-22(9-10-23)13-16-4-2-11-25-16/h2,4-6,11-12H,3,7-10,13H2,1H3,(H,21,24). The lowest BCUT2D eigenvalue weighted by Crippen LogP contribution is -2.37. The molecule has 0 saturated carbocycles. The van der Waals surface area contributed by atoms with Crippen LogP contribution in [0.1, 0.15) is 16.3 Å². The van der Waals surface area contributed by atoms with Crippen LogP contribution in [0.25, 0.3) is 10.2 Å². The number of thiophene rings is 1. The number of thiazole rings is 1. The van der Waals surface area contributed by atoms with Crippen molar-refractivity contribution in [1.29, 1.82) is 0 Å². The number of nitrogens with zero attached hydrogens (tertiary/aromatic N) is 3. The van der Waals surface area contributed by atoms with Crippen LogP contribution in [0.15, 0.2) is 35.7 Å². The number of amides is 2. The third-order valence-corrected chi connectivity index (χ3v) is 6.38. The molecule has 0 aliphatic carbocycles. The van der Waals surface area contributed by atoms with Gasteiger partial charge in [0, 0.05) is 43.3 Å². The van der Waals surface area contributed by atoms with E-state index in [0.717, 1.165) is 60.1 Å². The van der Waals surface area contributed by atoms with Gasteiger partial charge >= 0.3 is 6.03 Å². The summed E-state index contributed by atoms with van der Waals surface area (Å²) in [6, 6.07) is 10.2. The molecule has 0 atom stereocenters. The number of aryl methyl sites for hydroxylation is 1. The second kappa shape index (κ2) is 7.73. The van der Waals surface area contributed by atoms with Gasteiger partial charge in [0.25, 0.3) is 0 Å². The summed E-state index contributed by atoms with van der Waals surface area (Å²) in [6.07, 6.45) is 1.01. The van der Waals surface area contributed by atoms with Crippen LogP contribution in [0, 0.1) is 6.92 Å². The van der Waals surface area contributed by atoms with Crippen molar-refractivity contribution in [2.45, 2.75) is 19.9 Å². The van der Waals surface area contributed by atoms with E-state index in [1.54, 1.807) is 22.7 Å². The van der Waals surface area contributed by atoms with Gasteiger partial charge in [0.1, 0.15) is 0 Å². The molecule has 0 radical (unpaired) electrons. The summed E-state index contributed by atoms with van der Waals surface area (Å²) >= 11 is 3.45. The van der Waals surface area contributed by atoms with Gasteiger partial charge in [0.15, 0.2) is 0 Å². The maximum absolute atomic E-state index is 12.7. The number of anilines is 1. The van der Waals surface area contributed by atoms with Crippen LogP contribution >= 0.6 is 22.7 Å². The van der Waals surface area contributed by atoms with Gasteiger partial charge in [-0.3, -0.25) is 4.90 Å². The summed E-state index contributed by atoms with van der Waals surface area (Å²) in [5.74, 6) is 0. The number of rotatable bonds is 3. The van der Waals surface area contributed by atoms with E-state index in [4.69, 9.17) is 0 Å². The van der Waals surface area contributed by atoms with Crippen molar-refractivity contribution < 1.29 is 4.79 Å². The highest BCUT2D eigenvalue weighted by atomic mass is 32.1. The first-order valence-corrected chi connectivity index (χ1v) is 10.5. The fourth-order valence-electron chi connectivity index (χ4n) is 3.28. The Morgan fingerprint density at radius 3 is 3.00 bits per heavy atom. The number of nitrogens with one attached hydrogen (secondary N) is 1. The Kier molecular flexibility index (Phi) is 5.19. The molecule has 1 N–H and O–H groups in total. The lowest BCUT2D eigenvalue weighted by Gasteiger charge is -2.22. The average molecular weight is 387 g/mol. The summed E-state index contributed by atoms with van der Waals surface area (Å²) in [5.41, 5.74) is 1.83. The minimum absolute atomic E-state index is 0.0106. The molecule has 136 valence electrons. The second-order valence-corrected chi connectivity index (χ2v) is 8.81. The normalized spacial score (nSPS) is 16.0. The monoisotopic (exact) mass is 386 g/mol. The molecular weight excluding hydrogens is 364 g/mol. The van der Waals surface area contributed by atoms with Gasteiger partial charge in [-0.15, -0.1) is 22.7 Å². The highest BCUT2D eigenvalue weighted by Crippen LogP contribution is 2.25. The molecular formula is C19H22N4OS2. The zero-order chi connectivity index (χ0) is 17.9. The largest absolute Gasteiger partial charge is 0.323 e. The molecule has 1 aliphatic heterocycles. The quantitative estimate of drug-likeness (QED) is 0.725. The Bertz CT molecular complexity index is 890. The van der Waals surface area contributed by atoms with Gasteiger partial charge in [0.05, 0.1) is 15.2 Å². The van der Waals surface area contributed by atoms with Crippen LogP contribution < -0.4 is 5.32 Å². The summed E-state index contributed by atoms with van der Waals surface area (Å²) < 4.78 is 1.11. The first-order valence-electron chi connectivity index (χ1n) is 8.85. The minimum Gasteiger partial charge on any atom is -0.323 e. The third kappa shape index (κ3) is 4.06. The van der Waals surface area contributed by atoms with Crippen molar-refractivity contribution in [3.63, 3.8) is 0 Å². The van der Waals surface area contributed by atoms with Gasteiger partial charge in [-0.25, -0.2) is 9.78 Å². The topological polar surface area (TPSA) is 48.5 Å². The van der Waals surface area contributed by atoms with Crippen LogP contribution in [-0.2, 0) is 6.54 Å². The van der Waals surface area contributed by atoms with Crippen molar-refractivity contribution in [2.24, 2.45) is 0 Å². The van der Waals surface area contributed by atoms with E-state index in [2.05, 4.69) is 32.7 Å². The molecule has 2 aromatic heterocycles. The van der Waals surface area contributed by atoms with E-state index in [9.17, 15) is 4.79 Å². The highest BCUT2D eigenvalue weighted by molar-refractivity contribution is 7.18. The Balaban J connectivity index is 1.36. The van der Waals surface area contributed by atoms with E-state index in [0.29, 0.717) is 0 Å². The lowest BCUT2D eigenvalue weighted by atomic mass is 10.3. The number of carbonyl (C=O) groups is 1. The van der Waals surface area contributed by atoms with Crippen molar-refractivity contribution in [3.05, 3.63) is 45.6 Å². The van der Waals surface area contributed by atoms with Crippen LogP contribution in [0.3, 0.4) is 0 Å². The first-order chi connectivity index (χ1) is 12.7. The summed E-state index contributed by atoms with van der Waals surface area (Å²) in [4.78, 5) is 22.9. The predicted octanol–water partition coefficient (Wildman–Crippen LogP) is 4.41. The van der Waals surface area contributed by atoms with Gasteiger partial charge in [0.2, 0.25) is 0 Å². The van der Waals surface area contributed by atoms with Gasteiger partial charge in [-0.1, -0.05) is 6.07 Å². The molecule has 4 rings (SSSR count). The van der Waals surface area contributed by atoms with E-state index >= 15 is 0 Å². The number of hydrogen-bond donors (Lipinski definition) is 1. The molecule has 1 saturated heterocycles. The van der Waals surface area contributed by atoms with Crippen LogP contribution in [-0.4, -0.2) is 47.0 Å². The molecule has 26 heavy (non-hydrogen) atoms. The number of fused-ring (bicyclic) bond motifs is 1. The van der Waals surface area contributed by atoms with Gasteiger partial charge in [-0.2, -0.15) is 0 Å². The van der Waals surface area contributed by atoms with Crippen molar-refractivity contribution >= 4 is 44.6 Å². The molecule has 3 heterocycles. The Morgan fingerprint density at radius 1 is 1.23 bits per heavy atom. The minimum atomic E-state index is -0.0106. The molecule has 7 heteroatoms. The molecule has 1 fully saturated rings. The van der Waals surface area contributed by atoms with E-state index < -0.39 is 0 Å². The lowest BCUT2D eigenvalue weighted by molar-refractivity contribution is 0.211. The fourth-order valence-corrected chi connectivity index (χ4v) is 4.89.